The van der Waals surface area contributed by atoms with Gasteiger partial charge in [-0.1, -0.05) is 85.6 Å². The maximum absolute atomic E-state index is 13.8. The van der Waals surface area contributed by atoms with Gasteiger partial charge in [-0.25, -0.2) is 0 Å². The highest BCUT2D eigenvalue weighted by Crippen LogP contribution is 2.48. The number of ketones is 1. The topological polar surface area (TPSA) is 61.4 Å². The zero-order valence-electron chi connectivity index (χ0n) is 21.6. The standard InChI is InChI=1S/C31H31Cl2N3O2/c1-31(2)17-25-29(27(37)18-31)30(21-12-13-22(32)23(33)16-21)36(26-11-7-6-10-24(26)35-25)19-28(38)34-15-14-20-8-4-3-5-9-20/h3-13,16,30,35H,14-15,17-19H2,1-2H3,(H,34,38). The molecule has 0 saturated heterocycles. The Morgan fingerprint density at radius 2 is 1.74 bits per heavy atom. The molecule has 38 heavy (non-hydrogen) atoms. The molecular weight excluding hydrogens is 517 g/mol. The normalized spacial score (nSPS) is 18.3. The lowest BCUT2D eigenvalue weighted by atomic mass is 9.73. The molecule has 0 fully saturated rings. The second-order valence-electron chi connectivity index (χ2n) is 10.8. The molecule has 0 bridgehead atoms. The van der Waals surface area contributed by atoms with Gasteiger partial charge < -0.3 is 15.5 Å². The lowest BCUT2D eigenvalue weighted by Crippen LogP contribution is -2.42. The van der Waals surface area contributed by atoms with Crippen molar-refractivity contribution in [3.8, 4) is 0 Å². The molecule has 1 aliphatic heterocycles. The van der Waals surface area contributed by atoms with E-state index in [0.29, 0.717) is 28.6 Å². The van der Waals surface area contributed by atoms with Crippen molar-refractivity contribution in [1.29, 1.82) is 0 Å². The number of fused-ring (bicyclic) bond motifs is 1. The summed E-state index contributed by atoms with van der Waals surface area (Å²) < 4.78 is 0. The highest BCUT2D eigenvalue weighted by atomic mass is 35.5. The quantitative estimate of drug-likeness (QED) is 0.349. The average Bonchev–Trinajstić information content (AvgIpc) is 3.00. The van der Waals surface area contributed by atoms with E-state index in [2.05, 4.69) is 24.5 Å². The van der Waals surface area contributed by atoms with Crippen molar-refractivity contribution in [3.05, 3.63) is 105 Å². The van der Waals surface area contributed by atoms with E-state index in [1.807, 2.05) is 65.6 Å². The predicted molar refractivity (Wildman–Crippen MR) is 155 cm³/mol. The lowest BCUT2D eigenvalue weighted by molar-refractivity contribution is -0.120. The van der Waals surface area contributed by atoms with Gasteiger partial charge in [0.05, 0.1) is 34.0 Å². The third kappa shape index (κ3) is 5.59. The molecule has 7 heteroatoms. The van der Waals surface area contributed by atoms with Crippen molar-refractivity contribution in [2.75, 3.05) is 23.3 Å². The van der Waals surface area contributed by atoms with E-state index in [0.717, 1.165) is 41.0 Å². The Hall–Kier alpha value is -3.28. The highest BCUT2D eigenvalue weighted by Gasteiger charge is 2.42. The molecule has 1 atom stereocenters. The van der Waals surface area contributed by atoms with Crippen LogP contribution in [0.4, 0.5) is 11.4 Å². The van der Waals surface area contributed by atoms with Crippen molar-refractivity contribution in [3.63, 3.8) is 0 Å². The number of para-hydroxylation sites is 2. The van der Waals surface area contributed by atoms with E-state index in [1.165, 1.54) is 0 Å². The Bertz CT molecular complexity index is 1400. The van der Waals surface area contributed by atoms with Gasteiger partial charge in [-0.15, -0.1) is 0 Å². The fourth-order valence-corrected chi connectivity index (χ4v) is 5.76. The minimum atomic E-state index is -0.501. The predicted octanol–water partition coefficient (Wildman–Crippen LogP) is 6.97. The molecule has 0 aromatic heterocycles. The molecule has 2 N–H and O–H groups in total. The summed E-state index contributed by atoms with van der Waals surface area (Å²) in [4.78, 5) is 29.1. The van der Waals surface area contributed by atoms with Crippen LogP contribution in [0, 0.1) is 5.41 Å². The minimum absolute atomic E-state index is 0.0714. The highest BCUT2D eigenvalue weighted by molar-refractivity contribution is 6.42. The van der Waals surface area contributed by atoms with Crippen LogP contribution in [0.5, 0.6) is 0 Å². The number of hydrogen-bond acceptors (Lipinski definition) is 4. The maximum Gasteiger partial charge on any atom is 0.239 e. The van der Waals surface area contributed by atoms with Crippen LogP contribution in [0.2, 0.25) is 10.0 Å². The molecule has 0 radical (unpaired) electrons. The number of anilines is 2. The summed E-state index contributed by atoms with van der Waals surface area (Å²) in [5.41, 5.74) is 5.08. The zero-order valence-corrected chi connectivity index (χ0v) is 23.1. The smallest absolute Gasteiger partial charge is 0.239 e. The number of halogens is 2. The minimum Gasteiger partial charge on any atom is -0.357 e. The van der Waals surface area contributed by atoms with Crippen molar-refractivity contribution < 1.29 is 9.59 Å². The first kappa shape index (κ1) is 26.3. The molecule has 3 aromatic rings. The molecule has 3 aromatic carbocycles. The van der Waals surface area contributed by atoms with Crippen LogP contribution in [-0.4, -0.2) is 24.8 Å². The zero-order chi connectivity index (χ0) is 26.9. The van der Waals surface area contributed by atoms with Gasteiger partial charge in [-0.05, 0) is 53.6 Å². The van der Waals surface area contributed by atoms with Gasteiger partial charge in [-0.3, -0.25) is 9.59 Å². The Balaban J connectivity index is 1.54. The van der Waals surface area contributed by atoms with Crippen molar-refractivity contribution in [2.24, 2.45) is 5.41 Å². The molecule has 0 spiro atoms. The van der Waals surface area contributed by atoms with E-state index >= 15 is 0 Å². The monoisotopic (exact) mass is 547 g/mol. The van der Waals surface area contributed by atoms with Crippen LogP contribution < -0.4 is 15.5 Å². The number of nitrogens with zero attached hydrogens (tertiary/aromatic N) is 1. The summed E-state index contributed by atoms with van der Waals surface area (Å²) in [5, 5.41) is 7.49. The van der Waals surface area contributed by atoms with E-state index in [-0.39, 0.29) is 23.7 Å². The first-order valence-electron chi connectivity index (χ1n) is 12.9. The Morgan fingerprint density at radius 1 is 1.00 bits per heavy atom. The van der Waals surface area contributed by atoms with Crippen LogP contribution >= 0.6 is 23.2 Å². The summed E-state index contributed by atoms with van der Waals surface area (Å²) in [6, 6.07) is 22.9. The van der Waals surface area contributed by atoms with Gasteiger partial charge in [0.2, 0.25) is 5.91 Å². The fraction of sp³-hybridized carbons (Fsp3) is 0.290. The van der Waals surface area contributed by atoms with Gasteiger partial charge in [0.1, 0.15) is 0 Å². The van der Waals surface area contributed by atoms with Crippen LogP contribution in [0.1, 0.15) is 43.9 Å². The summed E-state index contributed by atoms with van der Waals surface area (Å²) in [6.07, 6.45) is 1.89. The Labute approximate surface area is 233 Å². The summed E-state index contributed by atoms with van der Waals surface area (Å²) in [5.74, 6) is -0.0458. The van der Waals surface area contributed by atoms with E-state index in [1.54, 1.807) is 12.1 Å². The number of carbonyl (C=O) groups excluding carboxylic acids is 2. The molecule has 1 unspecified atom stereocenters. The summed E-state index contributed by atoms with van der Waals surface area (Å²) in [6.45, 7) is 4.82. The SMILES string of the molecule is CC1(C)CC(=O)C2=C(C1)Nc1ccccc1N(CC(=O)NCCc1ccccc1)C2c1ccc(Cl)c(Cl)c1. The third-order valence-electron chi connectivity index (χ3n) is 7.16. The van der Waals surface area contributed by atoms with Crippen molar-refractivity contribution >= 4 is 46.3 Å². The molecule has 1 amide bonds. The van der Waals surface area contributed by atoms with Gasteiger partial charge >= 0.3 is 0 Å². The van der Waals surface area contributed by atoms with Crippen LogP contribution in [0.25, 0.3) is 0 Å². The van der Waals surface area contributed by atoms with Crippen molar-refractivity contribution in [1.82, 2.24) is 5.32 Å². The number of amides is 1. The van der Waals surface area contributed by atoms with Gasteiger partial charge in [0.15, 0.2) is 5.78 Å². The molecule has 2 aliphatic rings. The Kier molecular flexibility index (Phi) is 7.51. The lowest BCUT2D eigenvalue weighted by Gasteiger charge is -2.38. The molecule has 5 nitrogen and oxygen atoms in total. The second kappa shape index (κ2) is 10.8. The van der Waals surface area contributed by atoms with Gasteiger partial charge in [-0.2, -0.15) is 0 Å². The second-order valence-corrected chi connectivity index (χ2v) is 11.6. The molecular formula is C31H31Cl2N3O2. The number of carbonyl (C=O) groups is 2. The first-order chi connectivity index (χ1) is 18.2. The first-order valence-corrected chi connectivity index (χ1v) is 13.6. The number of benzene rings is 3. The number of Topliss-reactive ketones (excluding diaryl/α,β-unsaturated/α-hetero) is 1. The number of nitrogens with one attached hydrogen (secondary N) is 2. The van der Waals surface area contributed by atoms with Crippen molar-refractivity contribution in [2.45, 2.75) is 39.2 Å². The molecule has 5 rings (SSSR count). The molecule has 0 saturated carbocycles. The summed E-state index contributed by atoms with van der Waals surface area (Å²) in [7, 11) is 0. The molecule has 196 valence electrons. The number of allylic oxidation sites excluding steroid dienone is 1. The number of hydrogen-bond donors (Lipinski definition) is 2. The van der Waals surface area contributed by atoms with Crippen LogP contribution in [0.15, 0.2) is 84.1 Å². The third-order valence-corrected chi connectivity index (χ3v) is 7.90. The van der Waals surface area contributed by atoms with Crippen LogP contribution in [0.3, 0.4) is 0 Å². The summed E-state index contributed by atoms with van der Waals surface area (Å²) >= 11 is 12.7. The van der Waals surface area contributed by atoms with Gasteiger partial charge in [0.25, 0.3) is 0 Å². The molecule has 1 heterocycles. The molecule has 1 aliphatic carbocycles. The Morgan fingerprint density at radius 3 is 2.50 bits per heavy atom. The average molecular weight is 549 g/mol. The number of rotatable bonds is 6. The van der Waals surface area contributed by atoms with E-state index in [4.69, 9.17) is 23.2 Å². The largest absolute Gasteiger partial charge is 0.357 e. The maximum atomic E-state index is 13.8. The van der Waals surface area contributed by atoms with E-state index in [9.17, 15) is 9.59 Å². The fourth-order valence-electron chi connectivity index (χ4n) is 5.46. The van der Waals surface area contributed by atoms with Crippen LogP contribution in [-0.2, 0) is 16.0 Å². The van der Waals surface area contributed by atoms with E-state index < -0.39 is 6.04 Å². The van der Waals surface area contributed by atoms with Gasteiger partial charge in [0, 0.05) is 24.2 Å².